The van der Waals surface area contributed by atoms with Gasteiger partial charge < -0.3 is 4.90 Å². The van der Waals surface area contributed by atoms with Crippen molar-refractivity contribution in [2.75, 3.05) is 18.0 Å². The van der Waals surface area contributed by atoms with E-state index in [1.807, 2.05) is 4.90 Å². The number of rotatable bonds is 3. The molecule has 1 aromatic rings. The number of Topliss-reactive ketones (excluding diaryl/α,β-unsaturated/α-hetero) is 1. The number of halogens is 1. The first-order chi connectivity index (χ1) is 8.99. The van der Waals surface area contributed by atoms with Gasteiger partial charge in [0, 0.05) is 31.3 Å². The van der Waals surface area contributed by atoms with E-state index >= 15 is 0 Å². The average Bonchev–Trinajstić information content (AvgIpc) is 2.38. The molecule has 7 heteroatoms. The third kappa shape index (κ3) is 3.01. The van der Waals surface area contributed by atoms with Crippen molar-refractivity contribution in [2.45, 2.75) is 19.8 Å². The highest BCUT2D eigenvalue weighted by Gasteiger charge is 2.27. The molecule has 102 valence electrons. The minimum absolute atomic E-state index is 0.0580. The lowest BCUT2D eigenvalue weighted by molar-refractivity contribution is -0.384. The average molecular weight is 284 g/mol. The molecule has 2 heterocycles. The van der Waals surface area contributed by atoms with Gasteiger partial charge in [0.25, 0.3) is 0 Å². The number of carbonyl (C=O) groups excluding carboxylic acids is 1. The lowest BCUT2D eigenvalue weighted by atomic mass is 9.93. The number of hydrogen-bond acceptors (Lipinski definition) is 5. The molecular weight excluding hydrogens is 270 g/mol. The molecule has 2 rings (SSSR count). The molecule has 0 amide bonds. The van der Waals surface area contributed by atoms with Gasteiger partial charge in [-0.1, -0.05) is 11.6 Å². The third-order valence-corrected chi connectivity index (χ3v) is 3.59. The molecule has 0 radical (unpaired) electrons. The van der Waals surface area contributed by atoms with Crippen molar-refractivity contribution < 1.29 is 9.72 Å². The normalized spacial score (nSPS) is 16.4. The molecule has 0 N–H and O–H groups in total. The molecule has 0 aromatic carbocycles. The van der Waals surface area contributed by atoms with Gasteiger partial charge in [0.15, 0.2) is 0 Å². The second-order valence-electron chi connectivity index (χ2n) is 4.63. The molecule has 1 fully saturated rings. The number of hydrogen-bond donors (Lipinski definition) is 0. The zero-order valence-corrected chi connectivity index (χ0v) is 11.3. The Kier molecular flexibility index (Phi) is 3.99. The van der Waals surface area contributed by atoms with Crippen LogP contribution >= 0.6 is 11.6 Å². The Hall–Kier alpha value is -1.69. The van der Waals surface area contributed by atoms with Gasteiger partial charge in [-0.3, -0.25) is 14.9 Å². The maximum absolute atomic E-state index is 11.3. The summed E-state index contributed by atoms with van der Waals surface area (Å²) in [5.41, 5.74) is -0.0891. The van der Waals surface area contributed by atoms with Crippen LogP contribution in [0.5, 0.6) is 0 Å². The molecule has 0 saturated carbocycles. The number of carbonyl (C=O) groups is 1. The minimum Gasteiger partial charge on any atom is -0.351 e. The number of nitrogens with zero attached hydrogens (tertiary/aromatic N) is 3. The fourth-order valence-electron chi connectivity index (χ4n) is 2.30. The van der Waals surface area contributed by atoms with E-state index in [4.69, 9.17) is 11.6 Å². The van der Waals surface area contributed by atoms with Gasteiger partial charge in [0.2, 0.25) is 5.82 Å². The molecule has 1 aromatic heterocycles. The molecule has 0 aliphatic carbocycles. The van der Waals surface area contributed by atoms with Crippen LogP contribution in [0.15, 0.2) is 12.3 Å². The van der Waals surface area contributed by atoms with Crippen molar-refractivity contribution >= 4 is 28.9 Å². The van der Waals surface area contributed by atoms with Crippen molar-refractivity contribution in [2.24, 2.45) is 5.92 Å². The van der Waals surface area contributed by atoms with Gasteiger partial charge in [-0.15, -0.1) is 0 Å². The SMILES string of the molecule is CC(=O)C1CCN(c2ncc(Cl)cc2[N+](=O)[O-])CC1. The maximum Gasteiger partial charge on any atom is 0.313 e. The smallest absolute Gasteiger partial charge is 0.313 e. The zero-order valence-electron chi connectivity index (χ0n) is 10.5. The molecule has 19 heavy (non-hydrogen) atoms. The number of pyridine rings is 1. The third-order valence-electron chi connectivity index (χ3n) is 3.38. The van der Waals surface area contributed by atoms with Gasteiger partial charge in [-0.2, -0.15) is 0 Å². The summed E-state index contributed by atoms with van der Waals surface area (Å²) in [6.45, 7) is 2.78. The molecule has 0 bridgehead atoms. The first kappa shape index (κ1) is 13.7. The lowest BCUT2D eigenvalue weighted by Gasteiger charge is -2.31. The van der Waals surface area contributed by atoms with E-state index in [1.165, 1.54) is 12.3 Å². The monoisotopic (exact) mass is 283 g/mol. The predicted molar refractivity (Wildman–Crippen MR) is 71.5 cm³/mol. The first-order valence-corrected chi connectivity index (χ1v) is 6.42. The van der Waals surface area contributed by atoms with Gasteiger partial charge in [0.05, 0.1) is 9.95 Å². The topological polar surface area (TPSA) is 76.3 Å². The van der Waals surface area contributed by atoms with Crippen LogP contribution in [0.3, 0.4) is 0 Å². The van der Waals surface area contributed by atoms with Gasteiger partial charge in [0.1, 0.15) is 5.78 Å². The largest absolute Gasteiger partial charge is 0.351 e. The van der Waals surface area contributed by atoms with Gasteiger partial charge in [-0.05, 0) is 19.8 Å². The zero-order chi connectivity index (χ0) is 14.0. The van der Waals surface area contributed by atoms with E-state index < -0.39 is 4.92 Å². The number of ketones is 1. The summed E-state index contributed by atoms with van der Waals surface area (Å²) in [6.07, 6.45) is 2.81. The number of anilines is 1. The quantitative estimate of drug-likeness (QED) is 0.629. The maximum atomic E-state index is 11.3. The summed E-state index contributed by atoms with van der Waals surface area (Å²) >= 11 is 5.73. The Morgan fingerprint density at radius 3 is 2.68 bits per heavy atom. The molecule has 1 aliphatic heterocycles. The molecule has 1 aliphatic rings. The Bertz CT molecular complexity index is 513. The highest BCUT2D eigenvalue weighted by atomic mass is 35.5. The van der Waals surface area contributed by atoms with Gasteiger partial charge in [-0.25, -0.2) is 4.98 Å². The number of aromatic nitrogens is 1. The Labute approximate surface area is 115 Å². The van der Waals surface area contributed by atoms with Crippen LogP contribution in [-0.2, 0) is 4.79 Å². The second-order valence-corrected chi connectivity index (χ2v) is 5.06. The minimum atomic E-state index is -0.481. The van der Waals surface area contributed by atoms with Crippen LogP contribution in [0.4, 0.5) is 11.5 Å². The number of nitro groups is 1. The van der Waals surface area contributed by atoms with E-state index in [1.54, 1.807) is 6.92 Å². The molecule has 6 nitrogen and oxygen atoms in total. The van der Waals surface area contributed by atoms with E-state index in [-0.39, 0.29) is 22.4 Å². The summed E-state index contributed by atoms with van der Waals surface area (Å²) in [4.78, 5) is 27.7. The summed E-state index contributed by atoms with van der Waals surface area (Å²) in [5.74, 6) is 0.567. The van der Waals surface area contributed by atoms with E-state index in [0.717, 1.165) is 0 Å². The number of piperidine rings is 1. The van der Waals surface area contributed by atoms with Crippen molar-refractivity contribution in [3.8, 4) is 0 Å². The highest BCUT2D eigenvalue weighted by molar-refractivity contribution is 6.30. The standard InChI is InChI=1S/C12H14ClN3O3/c1-8(17)9-2-4-15(5-3-9)12-11(16(18)19)6-10(13)7-14-12/h6-7,9H,2-5H2,1H3. The Morgan fingerprint density at radius 2 is 2.16 bits per heavy atom. The second kappa shape index (κ2) is 5.52. The van der Waals surface area contributed by atoms with E-state index in [0.29, 0.717) is 31.7 Å². The summed E-state index contributed by atoms with van der Waals surface area (Å²) in [5, 5.41) is 11.3. The van der Waals surface area contributed by atoms with Crippen molar-refractivity contribution in [1.29, 1.82) is 0 Å². The molecule has 0 spiro atoms. The molecule has 0 unspecified atom stereocenters. The van der Waals surface area contributed by atoms with Crippen LogP contribution in [-0.4, -0.2) is 28.8 Å². The fraction of sp³-hybridized carbons (Fsp3) is 0.500. The van der Waals surface area contributed by atoms with Crippen LogP contribution in [0.1, 0.15) is 19.8 Å². The summed E-state index contributed by atoms with van der Waals surface area (Å²) < 4.78 is 0. The van der Waals surface area contributed by atoms with Crippen molar-refractivity contribution in [3.05, 3.63) is 27.4 Å². The van der Waals surface area contributed by atoms with Gasteiger partial charge >= 0.3 is 5.69 Å². The van der Waals surface area contributed by atoms with Crippen molar-refractivity contribution in [1.82, 2.24) is 4.98 Å². The van der Waals surface area contributed by atoms with Crippen molar-refractivity contribution in [3.63, 3.8) is 0 Å². The Morgan fingerprint density at radius 1 is 1.53 bits per heavy atom. The van der Waals surface area contributed by atoms with E-state index in [2.05, 4.69) is 4.98 Å². The fourth-order valence-corrected chi connectivity index (χ4v) is 2.45. The first-order valence-electron chi connectivity index (χ1n) is 6.04. The summed E-state index contributed by atoms with van der Waals surface area (Å²) in [7, 11) is 0. The highest BCUT2D eigenvalue weighted by Crippen LogP contribution is 2.31. The Balaban J connectivity index is 2.20. The summed E-state index contributed by atoms with van der Waals surface area (Å²) in [6, 6.07) is 1.31. The molecule has 0 atom stereocenters. The molecule has 1 saturated heterocycles. The van der Waals surface area contributed by atoms with Crippen LogP contribution < -0.4 is 4.90 Å². The lowest BCUT2D eigenvalue weighted by Crippen LogP contribution is -2.36. The predicted octanol–water partition coefficient (Wildman–Crippen LogP) is 2.45. The molecular formula is C12H14ClN3O3. The van der Waals surface area contributed by atoms with Crippen LogP contribution in [0.2, 0.25) is 5.02 Å². The van der Waals surface area contributed by atoms with E-state index in [9.17, 15) is 14.9 Å². The van der Waals surface area contributed by atoms with Crippen LogP contribution in [0.25, 0.3) is 0 Å². The van der Waals surface area contributed by atoms with Crippen LogP contribution in [0, 0.1) is 16.0 Å².